The van der Waals surface area contributed by atoms with E-state index >= 15 is 0 Å². The molecule has 4 N–H and O–H groups in total. The second-order valence-electron chi connectivity index (χ2n) is 7.49. The number of sulfonamides is 1. The lowest BCUT2D eigenvalue weighted by Crippen LogP contribution is -2.31. The van der Waals surface area contributed by atoms with Crippen LogP contribution in [0.2, 0.25) is 5.02 Å². The maximum atomic E-state index is 14.5. The third-order valence-electron chi connectivity index (χ3n) is 4.51. The van der Waals surface area contributed by atoms with Crippen molar-refractivity contribution in [3.63, 3.8) is 0 Å². The molecule has 0 saturated carbocycles. The molecule has 1 atom stereocenters. The second kappa shape index (κ2) is 13.1. The van der Waals surface area contributed by atoms with Crippen LogP contribution in [0.4, 0.5) is 53.9 Å². The Morgan fingerprint density at radius 2 is 1.59 bits per heavy atom. The van der Waals surface area contributed by atoms with Crippen molar-refractivity contribution in [2.45, 2.75) is 30.3 Å². The fourth-order valence-corrected chi connectivity index (χ4v) is 3.44. The number of carboxylic acid groups (broad SMARTS) is 1. The van der Waals surface area contributed by atoms with Crippen LogP contribution in [-0.4, -0.2) is 59.9 Å². The minimum Gasteiger partial charge on any atom is -0.479 e. The fourth-order valence-electron chi connectivity index (χ4n) is 2.52. The highest BCUT2D eigenvalue weighted by Gasteiger charge is 2.39. The van der Waals surface area contributed by atoms with Gasteiger partial charge in [-0.05, 0) is 32.2 Å². The summed E-state index contributed by atoms with van der Waals surface area (Å²) < 4.78 is 116. The number of rotatable bonds is 8. The van der Waals surface area contributed by atoms with Crippen molar-refractivity contribution in [3.8, 4) is 5.75 Å². The quantitative estimate of drug-likeness (QED) is 0.248. The number of benzene rings is 1. The highest BCUT2D eigenvalue weighted by molar-refractivity contribution is 7.89. The van der Waals surface area contributed by atoms with Gasteiger partial charge in [0.15, 0.2) is 6.10 Å². The van der Waals surface area contributed by atoms with Crippen molar-refractivity contribution in [1.82, 2.24) is 19.7 Å². The number of nitrogens with one attached hydrogen (secondary N) is 3. The van der Waals surface area contributed by atoms with Crippen LogP contribution in [0.25, 0.3) is 0 Å². The van der Waals surface area contributed by atoms with E-state index in [0.717, 1.165) is 26.4 Å². The first kappa shape index (κ1) is 33.2. The Labute approximate surface area is 231 Å². The van der Waals surface area contributed by atoms with Crippen LogP contribution in [0.15, 0.2) is 47.8 Å². The lowest BCUT2D eigenvalue weighted by atomic mass is 10.2. The Morgan fingerprint density at radius 3 is 2.07 bits per heavy atom. The Balaban J connectivity index is 0.000000745. The van der Waals surface area contributed by atoms with Gasteiger partial charge in [-0.15, -0.1) is 0 Å². The molecule has 41 heavy (non-hydrogen) atoms. The molecule has 0 amide bonds. The van der Waals surface area contributed by atoms with E-state index in [2.05, 4.69) is 25.6 Å². The SMILES string of the molecule is CNS(=O)(=O)c1cc(Nc2cc(Nc3ccc(Cl)cn3)ncn2)c(OC(C)C(F)(F)F)cc1F.O=C(O)C(F)(F)F. The number of carboxylic acids is 1. The summed E-state index contributed by atoms with van der Waals surface area (Å²) in [7, 11) is -3.22. The number of ether oxygens (including phenoxy) is 1. The van der Waals surface area contributed by atoms with Gasteiger partial charge in [-0.3, -0.25) is 0 Å². The van der Waals surface area contributed by atoms with E-state index in [-0.39, 0.29) is 17.3 Å². The van der Waals surface area contributed by atoms with Gasteiger partial charge in [0, 0.05) is 18.3 Å². The summed E-state index contributed by atoms with van der Waals surface area (Å²) in [5.74, 6) is -3.97. The summed E-state index contributed by atoms with van der Waals surface area (Å²) in [6, 6.07) is 5.88. The number of anilines is 4. The van der Waals surface area contributed by atoms with Gasteiger partial charge in [-0.2, -0.15) is 26.3 Å². The Morgan fingerprint density at radius 1 is 1.00 bits per heavy atom. The first-order chi connectivity index (χ1) is 18.8. The Bertz CT molecular complexity index is 1470. The lowest BCUT2D eigenvalue weighted by molar-refractivity contribution is -0.192. The van der Waals surface area contributed by atoms with Crippen molar-refractivity contribution in [2.75, 3.05) is 17.7 Å². The molecule has 0 fully saturated rings. The number of aliphatic carboxylic acids is 1. The lowest BCUT2D eigenvalue weighted by Gasteiger charge is -2.21. The van der Waals surface area contributed by atoms with E-state index in [1.165, 1.54) is 12.3 Å². The van der Waals surface area contributed by atoms with Crippen LogP contribution in [-0.2, 0) is 14.8 Å². The molecule has 0 spiro atoms. The van der Waals surface area contributed by atoms with E-state index in [4.69, 9.17) is 26.2 Å². The van der Waals surface area contributed by atoms with Crippen molar-refractivity contribution in [1.29, 1.82) is 0 Å². The number of alkyl halides is 6. The van der Waals surface area contributed by atoms with E-state index in [1.54, 1.807) is 12.1 Å². The average molecular weight is 635 g/mol. The molecule has 0 aliphatic rings. The molecule has 11 nitrogen and oxygen atoms in total. The van der Waals surface area contributed by atoms with Crippen LogP contribution in [0.5, 0.6) is 5.75 Å². The van der Waals surface area contributed by atoms with Gasteiger partial charge < -0.3 is 20.5 Å². The standard InChI is InChI=1S/C19H17ClF4N6O3S.C2HF3O2/c1-10(19(22,23)24)33-14-5-12(21)15(34(31,32)25-2)6-13(14)29-17-7-18(28-9-27-17)30-16-4-3-11(20)8-26-16;3-2(4,5)1(6)7/h3-10,25H,1-2H3,(H2,26,27,28,29,30);(H,6,7). The molecule has 1 aromatic carbocycles. The van der Waals surface area contributed by atoms with Crippen molar-refractivity contribution in [3.05, 3.63) is 53.7 Å². The van der Waals surface area contributed by atoms with Crippen molar-refractivity contribution >= 4 is 50.7 Å². The molecular formula is C21H18ClF7N6O5S. The summed E-state index contributed by atoms with van der Waals surface area (Å²) in [5.41, 5.74) is -0.277. The second-order valence-corrected chi connectivity index (χ2v) is 9.78. The number of carbonyl (C=O) groups is 1. The fraction of sp³-hybridized carbons (Fsp3) is 0.238. The van der Waals surface area contributed by atoms with E-state index in [1.807, 2.05) is 4.72 Å². The molecule has 0 aliphatic heterocycles. The number of nitrogens with zero attached hydrogens (tertiary/aromatic N) is 3. The first-order valence-electron chi connectivity index (χ1n) is 10.6. The predicted molar refractivity (Wildman–Crippen MR) is 130 cm³/mol. The predicted octanol–water partition coefficient (Wildman–Crippen LogP) is 5.02. The molecule has 0 radical (unpaired) electrons. The molecule has 2 heterocycles. The molecule has 3 rings (SSSR count). The summed E-state index contributed by atoms with van der Waals surface area (Å²) in [6.07, 6.45) is -9.61. The molecule has 2 aromatic heterocycles. The summed E-state index contributed by atoms with van der Waals surface area (Å²) in [6.45, 7) is 0.728. The molecule has 0 bridgehead atoms. The maximum Gasteiger partial charge on any atom is 0.490 e. The highest BCUT2D eigenvalue weighted by atomic mass is 35.5. The van der Waals surface area contributed by atoms with Crippen LogP contribution in [0.3, 0.4) is 0 Å². The van der Waals surface area contributed by atoms with Crippen molar-refractivity contribution < 1.29 is 53.8 Å². The minimum absolute atomic E-state index is 0.0374. The van der Waals surface area contributed by atoms with Gasteiger partial charge in [0.1, 0.15) is 40.2 Å². The third-order valence-corrected chi connectivity index (χ3v) is 6.17. The normalized spacial score (nSPS) is 12.5. The maximum absolute atomic E-state index is 14.5. The molecule has 0 saturated heterocycles. The zero-order valence-electron chi connectivity index (χ0n) is 20.5. The Kier molecular flexibility index (Phi) is 10.6. The van der Waals surface area contributed by atoms with Gasteiger partial charge >= 0.3 is 18.3 Å². The molecule has 20 heteroatoms. The van der Waals surface area contributed by atoms with Crippen LogP contribution in [0.1, 0.15) is 6.92 Å². The molecular weight excluding hydrogens is 617 g/mol. The zero-order valence-corrected chi connectivity index (χ0v) is 22.0. The van der Waals surface area contributed by atoms with Gasteiger partial charge in [-0.25, -0.2) is 37.3 Å². The van der Waals surface area contributed by atoms with Crippen LogP contribution in [0, 0.1) is 5.82 Å². The number of hydrogen-bond donors (Lipinski definition) is 4. The summed E-state index contributed by atoms with van der Waals surface area (Å²) in [4.78, 5) is 20.1. The van der Waals surface area contributed by atoms with E-state index < -0.39 is 50.9 Å². The highest BCUT2D eigenvalue weighted by Crippen LogP contribution is 2.35. The van der Waals surface area contributed by atoms with E-state index in [9.17, 15) is 39.2 Å². The Hall–Kier alpha value is -3.97. The number of hydrogen-bond acceptors (Lipinski definition) is 9. The van der Waals surface area contributed by atoms with Crippen LogP contribution >= 0.6 is 11.6 Å². The molecule has 3 aromatic rings. The molecule has 224 valence electrons. The number of pyridine rings is 1. The average Bonchev–Trinajstić information content (AvgIpc) is 2.86. The molecule has 1 unspecified atom stereocenters. The molecule has 0 aliphatic carbocycles. The van der Waals surface area contributed by atoms with Gasteiger partial charge in [-0.1, -0.05) is 11.6 Å². The smallest absolute Gasteiger partial charge is 0.479 e. The van der Waals surface area contributed by atoms with Gasteiger partial charge in [0.25, 0.3) is 0 Å². The largest absolute Gasteiger partial charge is 0.490 e. The number of halogens is 8. The monoisotopic (exact) mass is 634 g/mol. The van der Waals surface area contributed by atoms with Gasteiger partial charge in [0.2, 0.25) is 10.0 Å². The summed E-state index contributed by atoms with van der Waals surface area (Å²) >= 11 is 5.79. The van der Waals surface area contributed by atoms with E-state index in [0.29, 0.717) is 16.9 Å². The van der Waals surface area contributed by atoms with Crippen molar-refractivity contribution in [2.24, 2.45) is 0 Å². The van der Waals surface area contributed by atoms with Gasteiger partial charge in [0.05, 0.1) is 10.7 Å². The van der Waals surface area contributed by atoms with Crippen LogP contribution < -0.4 is 20.1 Å². The topological polar surface area (TPSA) is 155 Å². The number of aromatic nitrogens is 3. The summed E-state index contributed by atoms with van der Waals surface area (Å²) in [5, 5.41) is 13.1. The minimum atomic E-state index is -5.08. The first-order valence-corrected chi connectivity index (χ1v) is 12.5. The third kappa shape index (κ3) is 9.87. The zero-order chi connectivity index (χ0) is 31.2.